The smallest absolute Gasteiger partial charge is 0.242 e. The van der Waals surface area contributed by atoms with Gasteiger partial charge in [0.25, 0.3) is 0 Å². The van der Waals surface area contributed by atoms with Crippen molar-refractivity contribution in [2.24, 2.45) is 0 Å². The van der Waals surface area contributed by atoms with Gasteiger partial charge in [0, 0.05) is 33.6 Å². The number of nitrogens with zero attached hydrogens (tertiary/aromatic N) is 2. The fourth-order valence-corrected chi connectivity index (χ4v) is 4.67. The molecule has 1 N–H and O–H groups in total. The summed E-state index contributed by atoms with van der Waals surface area (Å²) in [6.45, 7) is 1.97. The van der Waals surface area contributed by atoms with E-state index in [1.165, 1.54) is 35.4 Å². The maximum Gasteiger partial charge on any atom is 0.242 e. The number of carbonyl (C=O) groups is 2. The van der Waals surface area contributed by atoms with Gasteiger partial charge in [-0.3, -0.25) is 9.59 Å². The minimum absolute atomic E-state index is 0.0807. The van der Waals surface area contributed by atoms with E-state index in [2.05, 4.69) is 5.32 Å². The minimum atomic E-state index is -3.63. The topological polar surface area (TPSA) is 86.8 Å². The number of nitrogens with one attached hydrogen (secondary N) is 1. The first-order valence-corrected chi connectivity index (χ1v) is 12.2. The van der Waals surface area contributed by atoms with E-state index in [-0.39, 0.29) is 36.2 Å². The normalized spacial score (nSPS) is 12.4. The van der Waals surface area contributed by atoms with Gasteiger partial charge in [0.2, 0.25) is 21.8 Å². The maximum absolute atomic E-state index is 13.0. The van der Waals surface area contributed by atoms with E-state index in [1.54, 1.807) is 43.3 Å². The average molecular weight is 500 g/mol. The lowest BCUT2D eigenvalue weighted by Gasteiger charge is -2.29. The Labute approximate surface area is 199 Å². The van der Waals surface area contributed by atoms with Crippen LogP contribution in [0.5, 0.6) is 0 Å². The van der Waals surface area contributed by atoms with E-state index in [4.69, 9.17) is 23.2 Å². The van der Waals surface area contributed by atoms with Crippen molar-refractivity contribution in [3.05, 3.63) is 64.1 Å². The standard InChI is InChI=1S/C22H27Cl2N3O4S/c1-16(22(29)25-2)27(15-17-11-12-19(23)20(24)14-17)21(28)10-7-13-26(3)32(30,31)18-8-5-4-6-9-18/h4-6,8-9,11-12,14,16H,7,10,13,15H2,1-3H3,(H,25,29). The van der Waals surface area contributed by atoms with Crippen molar-refractivity contribution in [1.82, 2.24) is 14.5 Å². The Balaban J connectivity index is 2.07. The van der Waals surface area contributed by atoms with Crippen LogP contribution in [0.2, 0.25) is 10.0 Å². The first kappa shape index (κ1) is 26.1. The van der Waals surface area contributed by atoms with Crippen LogP contribution in [-0.2, 0) is 26.2 Å². The lowest BCUT2D eigenvalue weighted by atomic mass is 10.1. The molecule has 0 saturated carbocycles. The molecule has 0 heterocycles. The second kappa shape index (κ2) is 11.7. The van der Waals surface area contributed by atoms with Crippen molar-refractivity contribution >= 4 is 45.0 Å². The zero-order valence-corrected chi connectivity index (χ0v) is 20.5. The largest absolute Gasteiger partial charge is 0.357 e. The van der Waals surface area contributed by atoms with Crippen molar-refractivity contribution < 1.29 is 18.0 Å². The molecule has 7 nitrogen and oxygen atoms in total. The molecular weight excluding hydrogens is 473 g/mol. The zero-order chi connectivity index (χ0) is 23.9. The molecule has 0 spiro atoms. The molecule has 0 aliphatic carbocycles. The SMILES string of the molecule is CNC(=O)C(C)N(Cc1ccc(Cl)c(Cl)c1)C(=O)CCCN(C)S(=O)(=O)c1ccccc1. The van der Waals surface area contributed by atoms with Crippen LogP contribution in [0.3, 0.4) is 0 Å². The number of benzene rings is 2. The lowest BCUT2D eigenvalue weighted by molar-refractivity contribution is -0.140. The lowest BCUT2D eigenvalue weighted by Crippen LogP contribution is -2.46. The Morgan fingerprint density at radius 1 is 1.06 bits per heavy atom. The number of halogens is 2. The third-order valence-corrected chi connectivity index (χ3v) is 7.68. The van der Waals surface area contributed by atoms with Gasteiger partial charge >= 0.3 is 0 Å². The molecule has 2 aromatic carbocycles. The highest BCUT2D eigenvalue weighted by Crippen LogP contribution is 2.24. The monoisotopic (exact) mass is 499 g/mol. The van der Waals surface area contributed by atoms with Gasteiger partial charge in [0.15, 0.2) is 0 Å². The molecule has 32 heavy (non-hydrogen) atoms. The highest BCUT2D eigenvalue weighted by molar-refractivity contribution is 7.89. The molecule has 2 amide bonds. The molecule has 1 atom stereocenters. The number of amides is 2. The van der Waals surface area contributed by atoms with E-state index < -0.39 is 16.1 Å². The van der Waals surface area contributed by atoms with Crippen molar-refractivity contribution in [3.63, 3.8) is 0 Å². The van der Waals surface area contributed by atoms with Crippen LogP contribution >= 0.6 is 23.2 Å². The number of carbonyl (C=O) groups excluding carboxylic acids is 2. The third kappa shape index (κ3) is 6.68. The predicted octanol–water partition coefficient (Wildman–Crippen LogP) is 3.56. The van der Waals surface area contributed by atoms with Crippen LogP contribution in [0.25, 0.3) is 0 Å². The van der Waals surface area contributed by atoms with E-state index in [9.17, 15) is 18.0 Å². The van der Waals surface area contributed by atoms with Gasteiger partial charge in [-0.05, 0) is 43.2 Å². The molecular formula is C22H27Cl2N3O4S. The Kier molecular flexibility index (Phi) is 9.51. The highest BCUT2D eigenvalue weighted by Gasteiger charge is 2.26. The number of sulfonamides is 1. The first-order valence-electron chi connectivity index (χ1n) is 10.0. The fraction of sp³-hybridized carbons (Fsp3) is 0.364. The summed E-state index contributed by atoms with van der Waals surface area (Å²) >= 11 is 12.0. The average Bonchev–Trinajstić information content (AvgIpc) is 2.79. The number of rotatable bonds is 10. The molecule has 0 bridgehead atoms. The Hall–Kier alpha value is -2.13. The second-order valence-electron chi connectivity index (χ2n) is 7.30. The number of hydrogen-bond donors (Lipinski definition) is 1. The van der Waals surface area contributed by atoms with Crippen LogP contribution in [0.15, 0.2) is 53.4 Å². The van der Waals surface area contributed by atoms with Gasteiger partial charge in [-0.1, -0.05) is 47.5 Å². The molecule has 0 saturated heterocycles. The zero-order valence-electron chi connectivity index (χ0n) is 18.2. The van der Waals surface area contributed by atoms with E-state index >= 15 is 0 Å². The Bertz CT molecular complexity index is 1050. The molecule has 0 fully saturated rings. The summed E-state index contributed by atoms with van der Waals surface area (Å²) < 4.78 is 26.5. The fourth-order valence-electron chi connectivity index (χ4n) is 3.12. The van der Waals surface area contributed by atoms with Crippen LogP contribution in [0, 0.1) is 0 Å². The van der Waals surface area contributed by atoms with Crippen LogP contribution in [0.1, 0.15) is 25.3 Å². The van der Waals surface area contributed by atoms with Crippen LogP contribution < -0.4 is 5.32 Å². The van der Waals surface area contributed by atoms with Gasteiger partial charge in [-0.15, -0.1) is 0 Å². The molecule has 2 aromatic rings. The maximum atomic E-state index is 13.0. The predicted molar refractivity (Wildman–Crippen MR) is 126 cm³/mol. The third-order valence-electron chi connectivity index (χ3n) is 5.07. The van der Waals surface area contributed by atoms with Gasteiger partial charge in [0.05, 0.1) is 14.9 Å². The molecule has 0 aliphatic heterocycles. The second-order valence-corrected chi connectivity index (χ2v) is 10.2. The van der Waals surface area contributed by atoms with Crippen molar-refractivity contribution in [2.75, 3.05) is 20.6 Å². The Morgan fingerprint density at radius 2 is 1.72 bits per heavy atom. The summed E-state index contributed by atoms with van der Waals surface area (Å²) in [4.78, 5) is 26.8. The summed E-state index contributed by atoms with van der Waals surface area (Å²) in [7, 11) is -0.648. The molecule has 2 rings (SSSR count). The summed E-state index contributed by atoms with van der Waals surface area (Å²) in [5, 5.41) is 3.31. The summed E-state index contributed by atoms with van der Waals surface area (Å²) in [6.07, 6.45) is 0.386. The first-order chi connectivity index (χ1) is 15.1. The number of likely N-dealkylation sites (N-methyl/N-ethyl adjacent to an activating group) is 1. The minimum Gasteiger partial charge on any atom is -0.357 e. The summed E-state index contributed by atoms with van der Waals surface area (Å²) in [5.41, 5.74) is 0.729. The summed E-state index contributed by atoms with van der Waals surface area (Å²) in [5.74, 6) is -0.570. The van der Waals surface area contributed by atoms with E-state index in [0.29, 0.717) is 16.5 Å². The van der Waals surface area contributed by atoms with Gasteiger partial charge in [0.1, 0.15) is 6.04 Å². The van der Waals surface area contributed by atoms with Crippen LogP contribution in [0.4, 0.5) is 0 Å². The van der Waals surface area contributed by atoms with Crippen molar-refractivity contribution in [1.29, 1.82) is 0 Å². The Morgan fingerprint density at radius 3 is 2.31 bits per heavy atom. The molecule has 1 unspecified atom stereocenters. The van der Waals surface area contributed by atoms with Crippen molar-refractivity contribution in [3.8, 4) is 0 Å². The van der Waals surface area contributed by atoms with E-state index in [0.717, 1.165) is 5.56 Å². The van der Waals surface area contributed by atoms with Crippen molar-refractivity contribution in [2.45, 2.75) is 37.2 Å². The van der Waals surface area contributed by atoms with Gasteiger partial charge < -0.3 is 10.2 Å². The molecule has 0 aliphatic rings. The van der Waals surface area contributed by atoms with Crippen LogP contribution in [-0.4, -0.2) is 56.1 Å². The molecule has 174 valence electrons. The quantitative estimate of drug-likeness (QED) is 0.541. The van der Waals surface area contributed by atoms with Gasteiger partial charge in [-0.25, -0.2) is 12.7 Å². The molecule has 0 aromatic heterocycles. The number of hydrogen-bond acceptors (Lipinski definition) is 4. The molecule has 0 radical (unpaired) electrons. The van der Waals surface area contributed by atoms with E-state index in [1.807, 2.05) is 0 Å². The molecule has 10 heteroatoms. The highest BCUT2D eigenvalue weighted by atomic mass is 35.5. The summed E-state index contributed by atoms with van der Waals surface area (Å²) in [6, 6.07) is 12.4. The van der Waals surface area contributed by atoms with Gasteiger partial charge in [-0.2, -0.15) is 0 Å².